The summed E-state index contributed by atoms with van der Waals surface area (Å²) in [5.41, 5.74) is 1.68. The second kappa shape index (κ2) is 6.74. The topological polar surface area (TPSA) is 77.9 Å². The number of amides is 2. The molecule has 2 amide bonds. The monoisotopic (exact) mass is 356 g/mol. The van der Waals surface area contributed by atoms with Gasteiger partial charge in [-0.25, -0.2) is 0 Å². The van der Waals surface area contributed by atoms with E-state index in [1.165, 1.54) is 0 Å². The van der Waals surface area contributed by atoms with E-state index in [9.17, 15) is 19.5 Å². The minimum atomic E-state index is -0.912. The normalized spacial score (nSPS) is 26.2. The minimum Gasteiger partial charge on any atom is -0.481 e. The molecule has 3 aliphatic rings. The van der Waals surface area contributed by atoms with Crippen LogP contribution in [0.3, 0.4) is 0 Å². The first-order valence-electron chi connectivity index (χ1n) is 9.43. The van der Waals surface area contributed by atoms with Gasteiger partial charge < -0.3 is 14.9 Å². The molecule has 1 saturated carbocycles. The summed E-state index contributed by atoms with van der Waals surface area (Å²) >= 11 is 0. The van der Waals surface area contributed by atoms with Crippen molar-refractivity contribution in [3.05, 3.63) is 35.4 Å². The Balaban J connectivity index is 1.50. The third kappa shape index (κ3) is 2.97. The molecule has 1 N–H and O–H groups in total. The first-order chi connectivity index (χ1) is 12.5. The Bertz CT molecular complexity index is 741. The molecular formula is C20H24N2O4. The van der Waals surface area contributed by atoms with Crippen LogP contribution in [0.2, 0.25) is 0 Å². The summed E-state index contributed by atoms with van der Waals surface area (Å²) < 4.78 is 0. The fourth-order valence-corrected chi connectivity index (χ4v) is 4.71. The summed E-state index contributed by atoms with van der Waals surface area (Å²) in [6.45, 7) is 1.09. The molecule has 0 bridgehead atoms. The molecule has 1 aromatic rings. The van der Waals surface area contributed by atoms with E-state index in [4.69, 9.17) is 0 Å². The molecule has 4 rings (SSSR count). The molecule has 6 nitrogen and oxygen atoms in total. The SMILES string of the molecule is O=C(O)C1CN(C(=O)C2CC(=O)N(C3CCCC3)C2)Cc2ccccc21. The molecule has 26 heavy (non-hydrogen) atoms. The van der Waals surface area contributed by atoms with Crippen LogP contribution >= 0.6 is 0 Å². The average molecular weight is 356 g/mol. The number of fused-ring (bicyclic) bond motifs is 1. The third-order valence-electron chi connectivity index (χ3n) is 6.08. The van der Waals surface area contributed by atoms with Gasteiger partial charge in [-0.15, -0.1) is 0 Å². The van der Waals surface area contributed by atoms with E-state index in [0.717, 1.165) is 36.8 Å². The molecule has 0 aromatic heterocycles. The van der Waals surface area contributed by atoms with Crippen molar-refractivity contribution in [1.82, 2.24) is 9.80 Å². The number of aliphatic carboxylic acids is 1. The zero-order valence-corrected chi connectivity index (χ0v) is 14.8. The summed E-state index contributed by atoms with van der Waals surface area (Å²) in [7, 11) is 0. The van der Waals surface area contributed by atoms with E-state index in [2.05, 4.69) is 0 Å². The van der Waals surface area contributed by atoms with Crippen LogP contribution in [0.5, 0.6) is 0 Å². The fourth-order valence-electron chi connectivity index (χ4n) is 4.71. The Hall–Kier alpha value is -2.37. The molecule has 2 heterocycles. The van der Waals surface area contributed by atoms with Crippen LogP contribution < -0.4 is 0 Å². The van der Waals surface area contributed by atoms with E-state index >= 15 is 0 Å². The molecular weight excluding hydrogens is 332 g/mol. The molecule has 2 unspecified atom stereocenters. The lowest BCUT2D eigenvalue weighted by molar-refractivity contribution is -0.142. The van der Waals surface area contributed by atoms with Crippen molar-refractivity contribution in [1.29, 1.82) is 0 Å². The fraction of sp³-hybridized carbons (Fsp3) is 0.550. The largest absolute Gasteiger partial charge is 0.481 e. The molecule has 1 aliphatic carbocycles. The van der Waals surface area contributed by atoms with E-state index < -0.39 is 11.9 Å². The van der Waals surface area contributed by atoms with Gasteiger partial charge in [-0.1, -0.05) is 37.1 Å². The highest BCUT2D eigenvalue weighted by Crippen LogP contribution is 2.33. The highest BCUT2D eigenvalue weighted by molar-refractivity contribution is 5.90. The number of carboxylic acid groups (broad SMARTS) is 1. The quantitative estimate of drug-likeness (QED) is 0.898. The van der Waals surface area contributed by atoms with Crippen molar-refractivity contribution in [2.24, 2.45) is 5.92 Å². The van der Waals surface area contributed by atoms with Crippen molar-refractivity contribution >= 4 is 17.8 Å². The predicted octanol–water partition coefficient (Wildman–Crippen LogP) is 1.99. The summed E-state index contributed by atoms with van der Waals surface area (Å²) in [4.78, 5) is 40.6. The maximum atomic E-state index is 13.0. The van der Waals surface area contributed by atoms with Crippen LogP contribution in [0.1, 0.15) is 49.1 Å². The number of benzene rings is 1. The van der Waals surface area contributed by atoms with Crippen molar-refractivity contribution in [3.63, 3.8) is 0 Å². The Morgan fingerprint density at radius 2 is 1.81 bits per heavy atom. The third-order valence-corrected chi connectivity index (χ3v) is 6.08. The smallest absolute Gasteiger partial charge is 0.312 e. The van der Waals surface area contributed by atoms with Gasteiger partial charge in [0.25, 0.3) is 0 Å². The van der Waals surface area contributed by atoms with E-state index in [1.807, 2.05) is 29.2 Å². The zero-order chi connectivity index (χ0) is 18.3. The van der Waals surface area contributed by atoms with Gasteiger partial charge in [0.1, 0.15) is 0 Å². The molecule has 2 fully saturated rings. The van der Waals surface area contributed by atoms with Crippen molar-refractivity contribution in [2.45, 2.75) is 50.6 Å². The van der Waals surface area contributed by atoms with Crippen LogP contribution in [0.15, 0.2) is 24.3 Å². The lowest BCUT2D eigenvalue weighted by atomic mass is 9.89. The minimum absolute atomic E-state index is 0.0717. The summed E-state index contributed by atoms with van der Waals surface area (Å²) in [6.07, 6.45) is 4.62. The van der Waals surface area contributed by atoms with Gasteiger partial charge in [0.15, 0.2) is 0 Å². The zero-order valence-electron chi connectivity index (χ0n) is 14.8. The van der Waals surface area contributed by atoms with Gasteiger partial charge in [0, 0.05) is 32.1 Å². The molecule has 2 aliphatic heterocycles. The molecule has 1 saturated heterocycles. The second-order valence-electron chi connectivity index (χ2n) is 7.69. The van der Waals surface area contributed by atoms with Crippen LogP contribution in [-0.2, 0) is 20.9 Å². The highest BCUT2D eigenvalue weighted by atomic mass is 16.4. The molecule has 0 radical (unpaired) electrons. The Labute approximate surface area is 152 Å². The van der Waals surface area contributed by atoms with Crippen molar-refractivity contribution < 1.29 is 19.5 Å². The summed E-state index contributed by atoms with van der Waals surface area (Å²) in [5, 5.41) is 9.58. The standard InChI is InChI=1S/C20H24N2O4/c23-18-9-14(11-22(18)15-6-2-3-7-15)19(24)21-10-13-5-1-4-8-16(13)17(12-21)20(25)26/h1,4-5,8,14-15,17H,2-3,6-7,9-12H2,(H,25,26). The van der Waals surface area contributed by atoms with E-state index in [1.54, 1.807) is 4.90 Å². The molecule has 0 spiro atoms. The summed E-state index contributed by atoms with van der Waals surface area (Å²) in [6, 6.07) is 7.70. The summed E-state index contributed by atoms with van der Waals surface area (Å²) in [5.74, 6) is -1.97. The van der Waals surface area contributed by atoms with Crippen molar-refractivity contribution in [3.8, 4) is 0 Å². The average Bonchev–Trinajstić information content (AvgIpc) is 3.29. The first-order valence-corrected chi connectivity index (χ1v) is 9.43. The molecule has 138 valence electrons. The van der Waals surface area contributed by atoms with Gasteiger partial charge in [-0.05, 0) is 24.0 Å². The lowest BCUT2D eigenvalue weighted by Crippen LogP contribution is -2.44. The van der Waals surface area contributed by atoms with Gasteiger partial charge in [-0.2, -0.15) is 0 Å². The van der Waals surface area contributed by atoms with Gasteiger partial charge in [-0.3, -0.25) is 14.4 Å². The lowest BCUT2D eigenvalue weighted by Gasteiger charge is -2.34. The van der Waals surface area contributed by atoms with E-state index in [0.29, 0.717) is 13.1 Å². The Morgan fingerprint density at radius 3 is 2.54 bits per heavy atom. The maximum absolute atomic E-state index is 13.0. The Morgan fingerprint density at radius 1 is 1.08 bits per heavy atom. The number of carboxylic acids is 1. The number of hydrogen-bond acceptors (Lipinski definition) is 3. The van der Waals surface area contributed by atoms with Crippen LogP contribution in [0.4, 0.5) is 0 Å². The number of carbonyl (C=O) groups excluding carboxylic acids is 2. The number of carbonyl (C=O) groups is 3. The number of likely N-dealkylation sites (tertiary alicyclic amines) is 1. The molecule has 2 atom stereocenters. The van der Waals surface area contributed by atoms with Gasteiger partial charge >= 0.3 is 5.97 Å². The van der Waals surface area contributed by atoms with E-state index in [-0.39, 0.29) is 36.7 Å². The van der Waals surface area contributed by atoms with Crippen molar-refractivity contribution in [2.75, 3.05) is 13.1 Å². The molecule has 1 aromatic carbocycles. The number of nitrogens with zero attached hydrogens (tertiary/aromatic N) is 2. The van der Waals surface area contributed by atoms with Gasteiger partial charge in [0.2, 0.25) is 11.8 Å². The first kappa shape index (κ1) is 17.1. The number of rotatable bonds is 3. The van der Waals surface area contributed by atoms with Crippen LogP contribution in [0.25, 0.3) is 0 Å². The molecule has 6 heteroatoms. The highest BCUT2D eigenvalue weighted by Gasteiger charge is 2.42. The predicted molar refractivity (Wildman–Crippen MR) is 94.3 cm³/mol. The van der Waals surface area contributed by atoms with Gasteiger partial charge in [0.05, 0.1) is 11.8 Å². The maximum Gasteiger partial charge on any atom is 0.312 e. The second-order valence-corrected chi connectivity index (χ2v) is 7.69. The van der Waals surface area contributed by atoms with Crippen LogP contribution in [-0.4, -0.2) is 51.8 Å². The number of hydrogen-bond donors (Lipinski definition) is 1. The Kier molecular flexibility index (Phi) is 4.42. The van der Waals surface area contributed by atoms with Crippen LogP contribution in [0, 0.1) is 5.92 Å².